The van der Waals surface area contributed by atoms with Crippen LogP contribution in [0.5, 0.6) is 11.5 Å². The fourth-order valence-electron chi connectivity index (χ4n) is 5.49. The number of nitrogens with zero attached hydrogens (tertiary/aromatic N) is 2. The highest BCUT2D eigenvalue weighted by Gasteiger charge is 2.50. The lowest BCUT2D eigenvalue weighted by molar-refractivity contribution is 0.0357. The van der Waals surface area contributed by atoms with E-state index in [0.717, 1.165) is 39.3 Å². The Morgan fingerprint density at radius 3 is 2.69 bits per heavy atom. The van der Waals surface area contributed by atoms with Crippen molar-refractivity contribution >= 4 is 5.97 Å². The van der Waals surface area contributed by atoms with Gasteiger partial charge in [0.2, 0.25) is 5.43 Å². The first-order valence-electron chi connectivity index (χ1n) is 12.2. The van der Waals surface area contributed by atoms with Crippen LogP contribution in [-0.2, 0) is 9.47 Å². The van der Waals surface area contributed by atoms with Crippen molar-refractivity contribution in [2.24, 2.45) is 5.41 Å². The number of carboxylic acid groups (broad SMARTS) is 1. The number of hydrogen-bond acceptors (Lipinski definition) is 7. The number of fused-ring (bicyclic) bond motifs is 6. The van der Waals surface area contributed by atoms with Crippen LogP contribution >= 0.6 is 0 Å². The maximum absolute atomic E-state index is 15.5. The average molecular weight is 503 g/mol. The molecule has 10 heteroatoms. The molecule has 2 fully saturated rings. The first kappa shape index (κ1) is 24.7. The SMILES string of the molecule is COc1cc2c(cc1OCCCN1CCOCC1)[C@H]1OCC(C)(C)[C@H]1n1cc(C(=O)O)c(=O)c(F)c1-2. The highest BCUT2D eigenvalue weighted by Crippen LogP contribution is 2.56. The maximum atomic E-state index is 15.5. The third-order valence-corrected chi connectivity index (χ3v) is 7.31. The monoisotopic (exact) mass is 502 g/mol. The van der Waals surface area contributed by atoms with Crippen molar-refractivity contribution in [3.63, 3.8) is 0 Å². The van der Waals surface area contributed by atoms with Gasteiger partial charge >= 0.3 is 5.97 Å². The summed E-state index contributed by atoms with van der Waals surface area (Å²) in [6.45, 7) is 9.02. The average Bonchev–Trinajstić information content (AvgIpc) is 3.19. The second-order valence-corrected chi connectivity index (χ2v) is 10.2. The van der Waals surface area contributed by atoms with E-state index in [-0.39, 0.29) is 5.69 Å². The molecule has 9 nitrogen and oxygen atoms in total. The molecule has 1 aromatic heterocycles. The van der Waals surface area contributed by atoms with Gasteiger partial charge in [-0.1, -0.05) is 13.8 Å². The highest BCUT2D eigenvalue weighted by atomic mass is 19.1. The fraction of sp³-hybridized carbons (Fsp3) is 0.538. The van der Waals surface area contributed by atoms with Gasteiger partial charge in [0.1, 0.15) is 11.7 Å². The van der Waals surface area contributed by atoms with E-state index in [1.807, 2.05) is 13.8 Å². The number of carboxylic acids is 1. The molecule has 0 saturated carbocycles. The van der Waals surface area contributed by atoms with Gasteiger partial charge in [0.05, 0.1) is 45.3 Å². The molecule has 2 atom stereocenters. The van der Waals surface area contributed by atoms with Gasteiger partial charge in [-0.05, 0) is 24.1 Å². The van der Waals surface area contributed by atoms with Crippen LogP contribution in [0.2, 0.25) is 0 Å². The molecule has 2 aromatic rings. The Labute approximate surface area is 208 Å². The molecule has 3 aliphatic rings. The van der Waals surface area contributed by atoms with Gasteiger partial charge in [0.25, 0.3) is 0 Å². The van der Waals surface area contributed by atoms with Gasteiger partial charge in [-0.15, -0.1) is 0 Å². The lowest BCUT2D eigenvalue weighted by Crippen LogP contribution is -2.37. The van der Waals surface area contributed by atoms with Gasteiger partial charge in [-0.3, -0.25) is 9.69 Å². The zero-order valence-electron chi connectivity index (χ0n) is 20.7. The van der Waals surface area contributed by atoms with Gasteiger partial charge < -0.3 is 28.6 Å². The number of ether oxygens (including phenoxy) is 4. The van der Waals surface area contributed by atoms with Crippen molar-refractivity contribution in [1.82, 2.24) is 9.47 Å². The molecule has 1 N–H and O–H groups in total. The van der Waals surface area contributed by atoms with Gasteiger partial charge in [-0.2, -0.15) is 0 Å². The van der Waals surface area contributed by atoms with Crippen molar-refractivity contribution in [3.05, 3.63) is 45.5 Å². The normalized spacial score (nSPS) is 22.4. The van der Waals surface area contributed by atoms with E-state index >= 15 is 4.39 Å². The Morgan fingerprint density at radius 1 is 1.25 bits per heavy atom. The summed E-state index contributed by atoms with van der Waals surface area (Å²) in [6, 6.07) is 3.04. The second kappa shape index (κ2) is 9.49. The third-order valence-electron chi connectivity index (χ3n) is 7.31. The molecule has 5 rings (SSSR count). The smallest absolute Gasteiger partial charge is 0.341 e. The number of hydrogen-bond donors (Lipinski definition) is 1. The molecule has 0 spiro atoms. The number of aromatic nitrogens is 1. The maximum Gasteiger partial charge on any atom is 0.341 e. The Hall–Kier alpha value is -2.95. The molecular weight excluding hydrogens is 471 g/mol. The minimum Gasteiger partial charge on any atom is -0.493 e. The topological polar surface area (TPSA) is 99.5 Å². The van der Waals surface area contributed by atoms with E-state index in [2.05, 4.69) is 4.90 Å². The summed E-state index contributed by atoms with van der Waals surface area (Å²) in [4.78, 5) is 26.6. The van der Waals surface area contributed by atoms with Crippen LogP contribution < -0.4 is 14.9 Å². The Balaban J connectivity index is 1.53. The molecule has 0 aliphatic carbocycles. The van der Waals surface area contributed by atoms with Crippen molar-refractivity contribution in [1.29, 1.82) is 0 Å². The van der Waals surface area contributed by atoms with E-state index < -0.39 is 40.3 Å². The van der Waals surface area contributed by atoms with Crippen LogP contribution in [-0.4, -0.2) is 73.7 Å². The Bertz CT molecular complexity index is 1240. The predicted molar refractivity (Wildman–Crippen MR) is 128 cm³/mol. The zero-order valence-corrected chi connectivity index (χ0v) is 20.7. The van der Waals surface area contributed by atoms with Crippen LogP contribution in [0.3, 0.4) is 0 Å². The molecule has 4 heterocycles. The first-order chi connectivity index (χ1) is 17.2. The number of carbonyl (C=O) groups is 1. The molecule has 0 unspecified atom stereocenters. The number of pyridine rings is 1. The van der Waals surface area contributed by atoms with E-state index in [4.69, 9.17) is 18.9 Å². The lowest BCUT2D eigenvalue weighted by Gasteiger charge is -2.38. The molecule has 0 bridgehead atoms. The predicted octanol–water partition coefficient (Wildman–Crippen LogP) is 3.11. The summed E-state index contributed by atoms with van der Waals surface area (Å²) >= 11 is 0. The number of benzene rings is 1. The fourth-order valence-corrected chi connectivity index (χ4v) is 5.49. The van der Waals surface area contributed by atoms with Crippen LogP contribution in [0, 0.1) is 11.2 Å². The number of morpholine rings is 1. The highest BCUT2D eigenvalue weighted by molar-refractivity contribution is 5.88. The van der Waals surface area contributed by atoms with Crippen LogP contribution in [0.25, 0.3) is 11.3 Å². The Kier molecular flexibility index (Phi) is 6.52. The van der Waals surface area contributed by atoms with Crippen LogP contribution in [0.1, 0.15) is 48.3 Å². The molecule has 1 aromatic carbocycles. The molecule has 0 amide bonds. The minimum atomic E-state index is -1.47. The van der Waals surface area contributed by atoms with Gasteiger partial charge in [0, 0.05) is 36.8 Å². The van der Waals surface area contributed by atoms with Crippen molar-refractivity contribution in [3.8, 4) is 22.8 Å². The van der Waals surface area contributed by atoms with E-state index in [9.17, 15) is 14.7 Å². The summed E-state index contributed by atoms with van der Waals surface area (Å²) in [5.74, 6) is -1.65. The molecular formula is C26H31FN2O7. The minimum absolute atomic E-state index is 0.0389. The molecule has 194 valence electrons. The van der Waals surface area contributed by atoms with E-state index in [1.165, 1.54) is 13.3 Å². The molecule has 36 heavy (non-hydrogen) atoms. The van der Waals surface area contributed by atoms with E-state index in [1.54, 1.807) is 16.7 Å². The summed E-state index contributed by atoms with van der Waals surface area (Å²) in [7, 11) is 1.50. The molecule has 2 saturated heterocycles. The summed E-state index contributed by atoms with van der Waals surface area (Å²) < 4.78 is 40.3. The van der Waals surface area contributed by atoms with Crippen LogP contribution in [0.4, 0.5) is 4.39 Å². The molecule has 0 radical (unpaired) electrons. The lowest BCUT2D eigenvalue weighted by atomic mass is 9.78. The summed E-state index contributed by atoms with van der Waals surface area (Å²) in [5.41, 5.74) is -1.02. The van der Waals surface area contributed by atoms with E-state index in [0.29, 0.717) is 35.8 Å². The molecule has 3 aliphatic heterocycles. The number of methoxy groups -OCH3 is 1. The van der Waals surface area contributed by atoms with Crippen molar-refractivity contribution in [2.45, 2.75) is 32.4 Å². The zero-order chi connectivity index (χ0) is 25.6. The summed E-state index contributed by atoms with van der Waals surface area (Å²) in [6.07, 6.45) is 1.59. The van der Waals surface area contributed by atoms with Gasteiger partial charge in [0.15, 0.2) is 17.3 Å². The van der Waals surface area contributed by atoms with Gasteiger partial charge in [-0.25, -0.2) is 9.18 Å². The largest absolute Gasteiger partial charge is 0.493 e. The number of aromatic carboxylic acids is 1. The second-order valence-electron chi connectivity index (χ2n) is 10.2. The quantitative estimate of drug-likeness (QED) is 0.577. The van der Waals surface area contributed by atoms with Crippen molar-refractivity contribution in [2.75, 3.05) is 53.2 Å². The third kappa shape index (κ3) is 4.16. The Morgan fingerprint density at radius 2 is 2.00 bits per heavy atom. The van der Waals surface area contributed by atoms with Crippen molar-refractivity contribution < 1.29 is 33.2 Å². The standard InChI is InChI=1S/C26H31FN2O7/c1-26(2)14-36-23-16-12-19(35-8-4-5-28-6-9-34-10-7-28)18(33-3)11-15(16)21-20(27)22(30)17(25(31)32)13-29(21)24(23)26/h11-13,23-24H,4-10,14H2,1-3H3,(H,31,32)/t23-,24+/m1/s1. The number of rotatable bonds is 7. The van der Waals surface area contributed by atoms with Crippen LogP contribution in [0.15, 0.2) is 23.1 Å². The number of halogens is 1. The summed E-state index contributed by atoms with van der Waals surface area (Å²) in [5, 5.41) is 9.51. The first-order valence-corrected chi connectivity index (χ1v) is 12.2.